The summed E-state index contributed by atoms with van der Waals surface area (Å²) in [6.07, 6.45) is 0. The zero-order valence-electron chi connectivity index (χ0n) is 12.6. The highest BCUT2D eigenvalue weighted by Crippen LogP contribution is 2.38. The third-order valence-electron chi connectivity index (χ3n) is 4.68. The smallest absolute Gasteiger partial charge is 0.135 e. The Morgan fingerprint density at radius 3 is 1.96 bits per heavy atom. The van der Waals surface area contributed by atoms with Gasteiger partial charge in [-0.15, -0.1) is 0 Å². The minimum Gasteiger partial charge on any atom is -0.456 e. The van der Waals surface area contributed by atoms with E-state index in [2.05, 4.69) is 77.5 Å². The normalized spacial score (nSPS) is 11.9. The predicted molar refractivity (Wildman–Crippen MR) is 101 cm³/mol. The lowest BCUT2D eigenvalue weighted by Gasteiger charge is -2.05. The van der Waals surface area contributed by atoms with Gasteiger partial charge in [0.25, 0.3) is 0 Å². The highest BCUT2D eigenvalue weighted by molar-refractivity contribution is 9.10. The number of halogens is 1. The van der Waals surface area contributed by atoms with Crippen molar-refractivity contribution in [3.8, 4) is 0 Å². The number of hydrogen-bond acceptors (Lipinski definition) is 1. The molecule has 0 aliphatic heterocycles. The summed E-state index contributed by atoms with van der Waals surface area (Å²) in [6, 6.07) is 21.3. The summed E-state index contributed by atoms with van der Waals surface area (Å²) in [5.74, 6) is 0. The Hall–Kier alpha value is -2.32. The van der Waals surface area contributed by atoms with E-state index in [0.29, 0.717) is 0 Å². The van der Waals surface area contributed by atoms with E-state index in [1.165, 1.54) is 37.9 Å². The van der Waals surface area contributed by atoms with Crippen LogP contribution in [0.15, 0.2) is 69.6 Å². The molecule has 0 amide bonds. The molecule has 0 saturated carbocycles. The third kappa shape index (κ3) is 1.73. The lowest BCUT2D eigenvalue weighted by molar-refractivity contribution is 0.664. The maximum absolute atomic E-state index is 6.34. The standard InChI is InChI=1S/C21H13BrO/c1-12-8-10-18-20-13(12)4-2-5-14(20)15-6-3-7-16-17(22)9-11-19(23-18)21(15)16/h2-11H,1H3. The summed E-state index contributed by atoms with van der Waals surface area (Å²) in [7, 11) is 0. The molecule has 0 spiro atoms. The van der Waals surface area contributed by atoms with Crippen molar-refractivity contribution < 1.29 is 4.42 Å². The lowest BCUT2D eigenvalue weighted by Crippen LogP contribution is -1.80. The second kappa shape index (κ2) is 4.59. The van der Waals surface area contributed by atoms with Crippen LogP contribution in [-0.4, -0.2) is 0 Å². The Morgan fingerprint density at radius 2 is 1.22 bits per heavy atom. The van der Waals surface area contributed by atoms with Gasteiger partial charge in [-0.3, -0.25) is 0 Å². The van der Waals surface area contributed by atoms with Crippen molar-refractivity contribution in [1.82, 2.24) is 0 Å². The van der Waals surface area contributed by atoms with Crippen LogP contribution in [0.1, 0.15) is 5.56 Å². The zero-order valence-corrected chi connectivity index (χ0v) is 14.1. The fourth-order valence-corrected chi connectivity index (χ4v) is 4.06. The van der Waals surface area contributed by atoms with Crippen molar-refractivity contribution in [1.29, 1.82) is 0 Å². The molecule has 1 heterocycles. The van der Waals surface area contributed by atoms with Gasteiger partial charge in [-0.1, -0.05) is 58.4 Å². The van der Waals surface area contributed by atoms with Gasteiger partial charge in [0, 0.05) is 20.6 Å². The Morgan fingerprint density at radius 1 is 0.652 bits per heavy atom. The van der Waals surface area contributed by atoms with Gasteiger partial charge in [-0.2, -0.15) is 0 Å². The summed E-state index contributed by atoms with van der Waals surface area (Å²) in [5, 5.41) is 7.28. The van der Waals surface area contributed by atoms with E-state index in [1.807, 2.05) is 6.07 Å². The molecular weight excluding hydrogens is 348 g/mol. The molecule has 1 aromatic heterocycles. The van der Waals surface area contributed by atoms with E-state index < -0.39 is 0 Å². The monoisotopic (exact) mass is 360 g/mol. The van der Waals surface area contributed by atoms with Gasteiger partial charge in [0.1, 0.15) is 11.2 Å². The lowest BCUT2D eigenvalue weighted by atomic mass is 9.98. The molecule has 0 aliphatic rings. The molecule has 0 fully saturated rings. The van der Waals surface area contributed by atoms with Crippen LogP contribution < -0.4 is 0 Å². The largest absolute Gasteiger partial charge is 0.456 e. The predicted octanol–water partition coefficient (Wildman–Crippen LogP) is 6.96. The highest BCUT2D eigenvalue weighted by Gasteiger charge is 2.12. The number of benzene rings is 4. The van der Waals surface area contributed by atoms with Crippen LogP contribution >= 0.6 is 15.9 Å². The van der Waals surface area contributed by atoms with Crippen molar-refractivity contribution in [3.05, 3.63) is 70.7 Å². The molecule has 0 atom stereocenters. The van der Waals surface area contributed by atoms with Gasteiger partial charge >= 0.3 is 0 Å². The molecule has 0 unspecified atom stereocenters. The van der Waals surface area contributed by atoms with Crippen LogP contribution in [-0.2, 0) is 0 Å². The summed E-state index contributed by atoms with van der Waals surface area (Å²) >= 11 is 3.67. The van der Waals surface area contributed by atoms with Gasteiger partial charge in [0.15, 0.2) is 0 Å². The average Bonchev–Trinajstić information content (AvgIpc) is 2.72. The fraction of sp³-hybridized carbons (Fsp3) is 0.0476. The third-order valence-corrected chi connectivity index (χ3v) is 5.37. The molecule has 4 aromatic carbocycles. The maximum Gasteiger partial charge on any atom is 0.135 e. The Bertz CT molecular complexity index is 1130. The fourth-order valence-electron chi connectivity index (χ4n) is 3.60. The Labute approximate surface area is 141 Å². The number of hydrogen-bond donors (Lipinski definition) is 0. The van der Waals surface area contributed by atoms with Gasteiger partial charge in [0.05, 0.1) is 0 Å². The average molecular weight is 361 g/mol. The van der Waals surface area contributed by atoms with E-state index in [9.17, 15) is 0 Å². The second-order valence-electron chi connectivity index (χ2n) is 5.98. The zero-order chi connectivity index (χ0) is 15.6. The summed E-state index contributed by atoms with van der Waals surface area (Å²) in [6.45, 7) is 2.15. The van der Waals surface area contributed by atoms with E-state index in [4.69, 9.17) is 4.42 Å². The molecular formula is C21H13BrO. The maximum atomic E-state index is 6.34. The van der Waals surface area contributed by atoms with Crippen LogP contribution in [0.5, 0.6) is 0 Å². The topological polar surface area (TPSA) is 13.1 Å². The first-order valence-electron chi connectivity index (χ1n) is 7.66. The molecule has 5 rings (SSSR count). The summed E-state index contributed by atoms with van der Waals surface area (Å²) in [4.78, 5) is 0. The van der Waals surface area contributed by atoms with Crippen molar-refractivity contribution in [2.24, 2.45) is 0 Å². The van der Waals surface area contributed by atoms with Crippen LogP contribution in [0.3, 0.4) is 0 Å². The number of rotatable bonds is 0. The molecule has 0 saturated heterocycles. The molecule has 2 heteroatoms. The van der Waals surface area contributed by atoms with Crippen molar-refractivity contribution in [2.75, 3.05) is 0 Å². The first kappa shape index (κ1) is 13.1. The molecule has 5 aromatic rings. The van der Waals surface area contributed by atoms with E-state index >= 15 is 0 Å². The molecule has 23 heavy (non-hydrogen) atoms. The molecule has 0 N–H and O–H groups in total. The van der Waals surface area contributed by atoms with Gasteiger partial charge in [0.2, 0.25) is 0 Å². The van der Waals surface area contributed by atoms with Gasteiger partial charge in [-0.25, -0.2) is 0 Å². The Balaban J connectivity index is 2.27. The first-order chi connectivity index (χ1) is 11.2. The van der Waals surface area contributed by atoms with Crippen LogP contribution in [0, 0.1) is 6.92 Å². The summed E-state index contributed by atoms with van der Waals surface area (Å²) in [5.41, 5.74) is 3.12. The van der Waals surface area contributed by atoms with E-state index in [0.717, 1.165) is 15.6 Å². The molecule has 0 aliphatic carbocycles. The molecule has 0 bridgehead atoms. The van der Waals surface area contributed by atoms with Crippen molar-refractivity contribution in [3.63, 3.8) is 0 Å². The molecule has 110 valence electrons. The second-order valence-corrected chi connectivity index (χ2v) is 6.84. The quantitative estimate of drug-likeness (QED) is 0.290. The first-order valence-corrected chi connectivity index (χ1v) is 8.45. The van der Waals surface area contributed by atoms with Crippen LogP contribution in [0.2, 0.25) is 0 Å². The van der Waals surface area contributed by atoms with Crippen molar-refractivity contribution >= 4 is 59.4 Å². The van der Waals surface area contributed by atoms with E-state index in [-0.39, 0.29) is 0 Å². The SMILES string of the molecule is Cc1ccc2oc3ccc(Br)c4cccc(c5cccc1c25)c34. The van der Waals surface area contributed by atoms with Crippen LogP contribution in [0.4, 0.5) is 0 Å². The number of aryl methyl sites for hydroxylation is 1. The van der Waals surface area contributed by atoms with Crippen LogP contribution in [0.25, 0.3) is 43.5 Å². The summed E-state index contributed by atoms with van der Waals surface area (Å²) < 4.78 is 7.43. The van der Waals surface area contributed by atoms with Gasteiger partial charge < -0.3 is 4.42 Å². The number of fused-ring (bicyclic) bond motifs is 1. The molecule has 1 nitrogen and oxygen atoms in total. The minimum atomic E-state index is 0.917. The van der Waals surface area contributed by atoms with Crippen molar-refractivity contribution in [2.45, 2.75) is 6.92 Å². The van der Waals surface area contributed by atoms with Gasteiger partial charge in [-0.05, 0) is 46.8 Å². The minimum absolute atomic E-state index is 0.917. The highest BCUT2D eigenvalue weighted by atomic mass is 79.9. The van der Waals surface area contributed by atoms with E-state index in [1.54, 1.807) is 0 Å². The molecule has 0 radical (unpaired) electrons. The Kier molecular flexibility index (Phi) is 2.62.